The summed E-state index contributed by atoms with van der Waals surface area (Å²) in [7, 11) is 5.00. The number of hydrogen-bond acceptors (Lipinski definition) is 6. The second-order valence-electron chi connectivity index (χ2n) is 5.92. The van der Waals surface area contributed by atoms with E-state index in [-0.39, 0.29) is 5.91 Å². The number of methoxy groups -OCH3 is 1. The molecular weight excluding hydrogens is 346 g/mol. The van der Waals surface area contributed by atoms with Crippen LogP contribution in [-0.2, 0) is 7.05 Å². The zero-order chi connectivity index (χ0) is 19.0. The van der Waals surface area contributed by atoms with Gasteiger partial charge in [-0.3, -0.25) is 14.5 Å². The molecule has 1 amide bonds. The maximum atomic E-state index is 11.9. The van der Waals surface area contributed by atoms with Crippen LogP contribution in [0.15, 0.2) is 43.1 Å². The smallest absolute Gasteiger partial charge is 0.252 e. The number of nitrogens with zero attached hydrogens (tertiary/aromatic N) is 6. The first-order chi connectivity index (χ1) is 13.1. The van der Waals surface area contributed by atoms with Crippen molar-refractivity contribution in [3.8, 4) is 28.3 Å². The van der Waals surface area contributed by atoms with Gasteiger partial charge < -0.3 is 10.1 Å². The minimum Gasteiger partial charge on any atom is -0.480 e. The lowest BCUT2D eigenvalue weighted by molar-refractivity contribution is 0.0963. The Hall–Kier alpha value is -3.75. The second kappa shape index (κ2) is 6.52. The highest BCUT2D eigenvalue weighted by molar-refractivity contribution is 5.94. The largest absolute Gasteiger partial charge is 0.480 e. The number of carbonyl (C=O) groups excluding carboxylic acids is 1. The summed E-state index contributed by atoms with van der Waals surface area (Å²) in [6.45, 7) is 0. The number of fused-ring (bicyclic) bond motifs is 1. The van der Waals surface area contributed by atoms with E-state index < -0.39 is 0 Å². The Bertz CT molecular complexity index is 1150. The average molecular weight is 363 g/mol. The van der Waals surface area contributed by atoms with Crippen molar-refractivity contribution >= 4 is 11.6 Å². The van der Waals surface area contributed by atoms with Crippen LogP contribution >= 0.6 is 0 Å². The number of pyridine rings is 1. The molecule has 0 radical (unpaired) electrons. The summed E-state index contributed by atoms with van der Waals surface area (Å²) < 4.78 is 8.86. The first-order valence-corrected chi connectivity index (χ1v) is 8.20. The maximum Gasteiger partial charge on any atom is 0.252 e. The number of amides is 1. The SMILES string of the molecule is CNC(=O)c1cncc(-c2cnc3cc(-c4cnn(C)c4)c(OC)nn23)c1. The quantitative estimate of drug-likeness (QED) is 0.591. The summed E-state index contributed by atoms with van der Waals surface area (Å²) in [6, 6.07) is 3.64. The monoisotopic (exact) mass is 363 g/mol. The zero-order valence-electron chi connectivity index (χ0n) is 15.0. The van der Waals surface area contributed by atoms with E-state index in [0.717, 1.165) is 16.7 Å². The topological polar surface area (TPSA) is 99.2 Å². The van der Waals surface area contributed by atoms with E-state index >= 15 is 0 Å². The van der Waals surface area contributed by atoms with E-state index in [4.69, 9.17) is 4.74 Å². The molecule has 4 aromatic rings. The van der Waals surface area contributed by atoms with Gasteiger partial charge in [-0.15, -0.1) is 5.10 Å². The van der Waals surface area contributed by atoms with E-state index in [1.807, 2.05) is 19.3 Å². The van der Waals surface area contributed by atoms with Crippen LogP contribution in [0.2, 0.25) is 0 Å². The van der Waals surface area contributed by atoms with Gasteiger partial charge in [0.05, 0.1) is 36.3 Å². The molecular formula is C18H17N7O2. The molecule has 4 aromatic heterocycles. The van der Waals surface area contributed by atoms with Gasteiger partial charge in [0.15, 0.2) is 5.65 Å². The van der Waals surface area contributed by atoms with E-state index in [2.05, 4.69) is 25.5 Å². The summed E-state index contributed by atoms with van der Waals surface area (Å²) >= 11 is 0. The number of carbonyl (C=O) groups is 1. The molecule has 0 unspecified atom stereocenters. The number of aryl methyl sites for hydroxylation is 1. The number of hydrogen-bond donors (Lipinski definition) is 1. The van der Waals surface area contributed by atoms with Gasteiger partial charge in [0.25, 0.3) is 5.91 Å². The van der Waals surface area contributed by atoms with Gasteiger partial charge in [0, 0.05) is 43.8 Å². The van der Waals surface area contributed by atoms with Crippen molar-refractivity contribution in [2.24, 2.45) is 7.05 Å². The molecule has 0 atom stereocenters. The van der Waals surface area contributed by atoms with Crippen molar-refractivity contribution in [3.05, 3.63) is 48.7 Å². The summed E-state index contributed by atoms with van der Waals surface area (Å²) in [5.41, 5.74) is 4.23. The summed E-state index contributed by atoms with van der Waals surface area (Å²) in [6.07, 6.45) is 8.51. The van der Waals surface area contributed by atoms with Crippen LogP contribution < -0.4 is 10.1 Å². The zero-order valence-corrected chi connectivity index (χ0v) is 15.0. The van der Waals surface area contributed by atoms with Crippen LogP contribution in [0.3, 0.4) is 0 Å². The Morgan fingerprint density at radius 2 is 2.00 bits per heavy atom. The van der Waals surface area contributed by atoms with Gasteiger partial charge in [-0.05, 0) is 12.1 Å². The number of aromatic nitrogens is 6. The summed E-state index contributed by atoms with van der Waals surface area (Å²) in [4.78, 5) is 20.5. The lowest BCUT2D eigenvalue weighted by Gasteiger charge is -2.08. The predicted octanol–water partition coefficient (Wildman–Crippen LogP) is 1.56. The predicted molar refractivity (Wildman–Crippen MR) is 98.4 cm³/mol. The third-order valence-electron chi connectivity index (χ3n) is 4.19. The molecule has 0 saturated carbocycles. The molecule has 1 N–H and O–H groups in total. The lowest BCUT2D eigenvalue weighted by atomic mass is 10.1. The molecule has 0 aliphatic carbocycles. The van der Waals surface area contributed by atoms with Crippen molar-refractivity contribution in [1.82, 2.24) is 34.7 Å². The van der Waals surface area contributed by atoms with Crippen LogP contribution in [0, 0.1) is 0 Å². The van der Waals surface area contributed by atoms with Gasteiger partial charge >= 0.3 is 0 Å². The molecule has 0 fully saturated rings. The van der Waals surface area contributed by atoms with E-state index in [1.54, 1.807) is 48.0 Å². The van der Waals surface area contributed by atoms with Crippen molar-refractivity contribution in [1.29, 1.82) is 0 Å². The fourth-order valence-corrected chi connectivity index (χ4v) is 2.86. The van der Waals surface area contributed by atoms with E-state index in [0.29, 0.717) is 22.8 Å². The first kappa shape index (κ1) is 16.7. The molecule has 4 heterocycles. The number of ether oxygens (including phenoxy) is 1. The minimum absolute atomic E-state index is 0.206. The second-order valence-corrected chi connectivity index (χ2v) is 5.92. The third kappa shape index (κ3) is 2.88. The van der Waals surface area contributed by atoms with Crippen molar-refractivity contribution in [2.45, 2.75) is 0 Å². The molecule has 4 rings (SSSR count). The Kier molecular flexibility index (Phi) is 4.03. The van der Waals surface area contributed by atoms with Crippen molar-refractivity contribution in [2.75, 3.05) is 14.2 Å². The molecule has 0 aromatic carbocycles. The van der Waals surface area contributed by atoms with E-state index in [9.17, 15) is 4.79 Å². The number of rotatable bonds is 4. The van der Waals surface area contributed by atoms with Gasteiger partial charge in [0.1, 0.15) is 0 Å². The third-order valence-corrected chi connectivity index (χ3v) is 4.19. The highest BCUT2D eigenvalue weighted by Crippen LogP contribution is 2.30. The Balaban J connectivity index is 1.86. The number of imidazole rings is 1. The molecule has 0 bridgehead atoms. The van der Waals surface area contributed by atoms with Gasteiger partial charge in [-0.1, -0.05) is 0 Å². The van der Waals surface area contributed by atoms with Gasteiger partial charge in [-0.25, -0.2) is 9.50 Å². The highest BCUT2D eigenvalue weighted by atomic mass is 16.5. The molecule has 136 valence electrons. The molecule has 0 spiro atoms. The maximum absolute atomic E-state index is 11.9. The molecule has 0 aliphatic rings. The molecule has 9 heteroatoms. The number of nitrogens with one attached hydrogen (secondary N) is 1. The normalized spacial score (nSPS) is 10.9. The van der Waals surface area contributed by atoms with Crippen LogP contribution in [0.25, 0.3) is 28.0 Å². The average Bonchev–Trinajstić information content (AvgIpc) is 3.32. The van der Waals surface area contributed by atoms with Crippen molar-refractivity contribution < 1.29 is 9.53 Å². The Morgan fingerprint density at radius 1 is 1.15 bits per heavy atom. The van der Waals surface area contributed by atoms with Crippen LogP contribution in [0.5, 0.6) is 5.88 Å². The fraction of sp³-hybridized carbons (Fsp3) is 0.167. The lowest BCUT2D eigenvalue weighted by Crippen LogP contribution is -2.17. The fourth-order valence-electron chi connectivity index (χ4n) is 2.86. The molecule has 9 nitrogen and oxygen atoms in total. The van der Waals surface area contributed by atoms with E-state index in [1.165, 1.54) is 6.20 Å². The molecule has 27 heavy (non-hydrogen) atoms. The Labute approximate surface area is 154 Å². The Morgan fingerprint density at radius 3 is 2.70 bits per heavy atom. The standard InChI is InChI=1S/C18H17N7O2/c1-19-17(26)12-4-11(6-20-7-12)15-9-21-16-5-14(13-8-22-24(2)10-13)18(27-3)23-25(15)16/h4-10H,1-3H3,(H,19,26). The molecule has 0 aliphatic heterocycles. The summed E-state index contributed by atoms with van der Waals surface area (Å²) in [5, 5.41) is 11.4. The molecule has 0 saturated heterocycles. The first-order valence-electron chi connectivity index (χ1n) is 8.20. The van der Waals surface area contributed by atoms with Crippen LogP contribution in [0.4, 0.5) is 0 Å². The van der Waals surface area contributed by atoms with Gasteiger partial charge in [0.2, 0.25) is 5.88 Å². The van der Waals surface area contributed by atoms with Crippen molar-refractivity contribution in [3.63, 3.8) is 0 Å². The minimum atomic E-state index is -0.206. The summed E-state index contributed by atoms with van der Waals surface area (Å²) in [5.74, 6) is 0.243. The van der Waals surface area contributed by atoms with Crippen LogP contribution in [-0.4, -0.2) is 49.4 Å². The highest BCUT2D eigenvalue weighted by Gasteiger charge is 2.16. The van der Waals surface area contributed by atoms with Gasteiger partial charge in [-0.2, -0.15) is 5.10 Å². The van der Waals surface area contributed by atoms with Crippen LogP contribution in [0.1, 0.15) is 10.4 Å².